The minimum Gasteiger partial charge on any atom is -0.372 e. The van der Waals surface area contributed by atoms with Gasteiger partial charge in [0.2, 0.25) is 10.0 Å². The number of benzene rings is 2. The third-order valence-electron chi connectivity index (χ3n) is 5.86. The van der Waals surface area contributed by atoms with E-state index in [-0.39, 0.29) is 0 Å². The highest BCUT2D eigenvalue weighted by Gasteiger charge is 2.31. The van der Waals surface area contributed by atoms with Crippen molar-refractivity contribution in [3.05, 3.63) is 101 Å². The van der Waals surface area contributed by atoms with Gasteiger partial charge < -0.3 is 4.74 Å². The van der Waals surface area contributed by atoms with Gasteiger partial charge in [0.25, 0.3) is 0 Å². The molecule has 1 aliphatic heterocycles. The number of aryl methyl sites for hydroxylation is 1. The van der Waals surface area contributed by atoms with Crippen LogP contribution in [0, 0.1) is 12.8 Å². The molecule has 162 valence electrons. The van der Waals surface area contributed by atoms with Gasteiger partial charge in [-0.2, -0.15) is 4.31 Å². The highest BCUT2D eigenvalue weighted by Crippen LogP contribution is 2.30. The average Bonchev–Trinajstić information content (AvgIpc) is 2.76. The topological polar surface area (TPSA) is 46.6 Å². The van der Waals surface area contributed by atoms with Crippen LogP contribution >= 0.6 is 0 Å². The lowest BCUT2D eigenvalue weighted by atomic mass is 9.89. The summed E-state index contributed by atoms with van der Waals surface area (Å²) in [5.74, 6) is 0.299. The second-order valence-corrected chi connectivity index (χ2v) is 10.2. The fraction of sp³-hybridized carbons (Fsp3) is 0.308. The highest BCUT2D eigenvalue weighted by molar-refractivity contribution is 7.89. The number of ether oxygens (including phenoxy) is 1. The molecule has 1 aliphatic carbocycles. The van der Waals surface area contributed by atoms with E-state index in [4.69, 9.17) is 4.74 Å². The van der Waals surface area contributed by atoms with Gasteiger partial charge >= 0.3 is 0 Å². The summed E-state index contributed by atoms with van der Waals surface area (Å²) in [7, 11) is -3.49. The zero-order valence-electron chi connectivity index (χ0n) is 17.9. The Hall–Kier alpha value is -2.47. The molecule has 1 saturated heterocycles. The van der Waals surface area contributed by atoms with E-state index in [0.29, 0.717) is 37.1 Å². The Morgan fingerprint density at radius 3 is 2.55 bits per heavy atom. The van der Waals surface area contributed by atoms with Crippen molar-refractivity contribution in [1.29, 1.82) is 0 Å². The van der Waals surface area contributed by atoms with E-state index in [0.717, 1.165) is 29.5 Å². The molecular formula is C26H29NO3S. The molecule has 1 atom stereocenters. The fourth-order valence-corrected chi connectivity index (χ4v) is 5.43. The van der Waals surface area contributed by atoms with Crippen LogP contribution < -0.4 is 0 Å². The van der Waals surface area contributed by atoms with Crippen LogP contribution in [0.3, 0.4) is 0 Å². The zero-order valence-corrected chi connectivity index (χ0v) is 18.7. The summed E-state index contributed by atoms with van der Waals surface area (Å²) in [4.78, 5) is 0.365. The van der Waals surface area contributed by atoms with Crippen molar-refractivity contribution < 1.29 is 13.2 Å². The van der Waals surface area contributed by atoms with E-state index in [2.05, 4.69) is 36.4 Å². The Balaban J connectivity index is 1.45. The minimum atomic E-state index is -3.49. The molecule has 31 heavy (non-hydrogen) atoms. The Kier molecular flexibility index (Phi) is 6.86. The zero-order chi connectivity index (χ0) is 21.7. The lowest BCUT2D eigenvalue weighted by Gasteiger charge is -2.33. The average molecular weight is 436 g/mol. The minimum absolute atomic E-state index is 0.299. The van der Waals surface area contributed by atoms with Crippen molar-refractivity contribution in [3.63, 3.8) is 0 Å². The molecule has 0 N–H and O–H groups in total. The lowest BCUT2D eigenvalue weighted by molar-refractivity contribution is 0.141. The summed E-state index contributed by atoms with van der Waals surface area (Å²) in [5, 5.41) is 0. The Bertz CT molecular complexity index is 1080. The number of hydrogen-bond donors (Lipinski definition) is 0. The number of piperidine rings is 1. The molecule has 4 rings (SSSR count). The van der Waals surface area contributed by atoms with Gasteiger partial charge in [-0.1, -0.05) is 72.3 Å². The monoisotopic (exact) mass is 435 g/mol. The molecule has 0 unspecified atom stereocenters. The maximum Gasteiger partial charge on any atom is 0.243 e. The first kappa shape index (κ1) is 21.8. The van der Waals surface area contributed by atoms with Gasteiger partial charge in [0.1, 0.15) is 0 Å². The maximum atomic E-state index is 13.1. The van der Waals surface area contributed by atoms with Crippen LogP contribution in [-0.4, -0.2) is 32.4 Å². The molecular weight excluding hydrogens is 406 g/mol. The number of hydrogen-bond acceptors (Lipinski definition) is 3. The Labute approximate surface area is 185 Å². The molecule has 0 spiro atoms. The van der Waals surface area contributed by atoms with Gasteiger partial charge in [0.15, 0.2) is 0 Å². The van der Waals surface area contributed by atoms with Gasteiger partial charge in [-0.25, -0.2) is 8.42 Å². The van der Waals surface area contributed by atoms with Gasteiger partial charge in [-0.15, -0.1) is 0 Å². The Morgan fingerprint density at radius 2 is 1.77 bits per heavy atom. The molecule has 2 aliphatic rings. The summed E-state index contributed by atoms with van der Waals surface area (Å²) in [5.41, 5.74) is 4.54. The summed E-state index contributed by atoms with van der Waals surface area (Å²) in [6.45, 7) is 4.09. The molecule has 5 heteroatoms. The van der Waals surface area contributed by atoms with Crippen LogP contribution in [0.25, 0.3) is 0 Å². The van der Waals surface area contributed by atoms with E-state index in [1.807, 2.05) is 37.3 Å². The second-order valence-electron chi connectivity index (χ2n) is 8.22. The van der Waals surface area contributed by atoms with Crippen LogP contribution in [0.5, 0.6) is 0 Å². The fourth-order valence-electron chi connectivity index (χ4n) is 3.99. The normalized spacial score (nSPS) is 24.1. The molecule has 0 aromatic heterocycles. The molecule has 1 fully saturated rings. The van der Waals surface area contributed by atoms with E-state index in [9.17, 15) is 8.42 Å². The molecule has 4 nitrogen and oxygen atoms in total. The van der Waals surface area contributed by atoms with Crippen molar-refractivity contribution in [2.24, 2.45) is 5.92 Å². The predicted octanol–water partition coefficient (Wildman–Crippen LogP) is 5.04. The van der Waals surface area contributed by atoms with Gasteiger partial charge in [0.05, 0.1) is 18.1 Å². The van der Waals surface area contributed by atoms with Gasteiger partial charge in [0, 0.05) is 19.0 Å². The van der Waals surface area contributed by atoms with Crippen LogP contribution in [0.4, 0.5) is 0 Å². The van der Waals surface area contributed by atoms with Crippen molar-refractivity contribution in [1.82, 2.24) is 4.31 Å². The first-order valence-corrected chi connectivity index (χ1v) is 12.2. The van der Waals surface area contributed by atoms with Gasteiger partial charge in [-0.05, 0) is 48.6 Å². The maximum absolute atomic E-state index is 13.1. The van der Waals surface area contributed by atoms with Crippen LogP contribution in [0.15, 0.2) is 94.9 Å². The highest BCUT2D eigenvalue weighted by atomic mass is 32.2. The number of allylic oxidation sites excluding steroid dienone is 4. The first-order valence-electron chi connectivity index (χ1n) is 10.8. The number of rotatable bonds is 6. The van der Waals surface area contributed by atoms with Crippen LogP contribution in [-0.2, 0) is 21.4 Å². The SMILES string of the molecule is Cc1ccc(S(=O)(=O)N2CC[C@@H]3/C=C\C/C(COCc4ccccc4)=C\C=C/3C2)cc1. The molecule has 1 heterocycles. The largest absolute Gasteiger partial charge is 0.372 e. The quantitative estimate of drug-likeness (QED) is 0.598. The molecule has 2 aromatic carbocycles. The van der Waals surface area contributed by atoms with E-state index in [1.54, 1.807) is 16.4 Å². The lowest BCUT2D eigenvalue weighted by Crippen LogP contribution is -2.39. The molecule has 0 radical (unpaired) electrons. The van der Waals surface area contributed by atoms with Crippen LogP contribution in [0.1, 0.15) is 24.0 Å². The van der Waals surface area contributed by atoms with E-state index >= 15 is 0 Å². The van der Waals surface area contributed by atoms with Crippen molar-refractivity contribution in [2.45, 2.75) is 31.3 Å². The van der Waals surface area contributed by atoms with Crippen molar-refractivity contribution >= 4 is 10.0 Å². The van der Waals surface area contributed by atoms with Gasteiger partial charge in [-0.3, -0.25) is 0 Å². The molecule has 2 aromatic rings. The Morgan fingerprint density at radius 1 is 1.00 bits per heavy atom. The summed E-state index contributed by atoms with van der Waals surface area (Å²) < 4.78 is 33.7. The molecule has 0 amide bonds. The number of nitrogens with zero attached hydrogens (tertiary/aromatic N) is 1. The standard InChI is InChI=1S/C26H29NO3S/c1-21-10-14-26(15-11-21)31(28,29)27-17-16-24-9-5-8-23(12-13-25(24)18-27)20-30-19-22-6-3-2-4-7-22/h2-7,9-15,24H,8,16-20H2,1H3/b9-5-,23-12+,25-13-/t24-/m0/s1. The first-order chi connectivity index (χ1) is 15.0. The second kappa shape index (κ2) is 9.77. The van der Waals surface area contributed by atoms with E-state index in [1.165, 1.54) is 5.57 Å². The number of sulfonamides is 1. The van der Waals surface area contributed by atoms with Crippen LogP contribution in [0.2, 0.25) is 0 Å². The predicted molar refractivity (Wildman–Crippen MR) is 124 cm³/mol. The smallest absolute Gasteiger partial charge is 0.243 e. The number of fused-ring (bicyclic) bond motifs is 1. The summed E-state index contributed by atoms with van der Waals surface area (Å²) >= 11 is 0. The molecule has 0 bridgehead atoms. The van der Waals surface area contributed by atoms with Crippen molar-refractivity contribution in [2.75, 3.05) is 19.7 Å². The third-order valence-corrected chi connectivity index (χ3v) is 7.72. The molecule has 0 saturated carbocycles. The van der Waals surface area contributed by atoms with E-state index < -0.39 is 10.0 Å². The third kappa shape index (κ3) is 5.42. The summed E-state index contributed by atoms with van der Waals surface area (Å²) in [6, 6.07) is 17.2. The summed E-state index contributed by atoms with van der Waals surface area (Å²) in [6.07, 6.45) is 10.3. The van der Waals surface area contributed by atoms with Crippen molar-refractivity contribution in [3.8, 4) is 0 Å².